The summed E-state index contributed by atoms with van der Waals surface area (Å²) < 4.78 is 4.79. The van der Waals surface area contributed by atoms with Crippen LogP contribution in [0, 0.1) is 11.3 Å². The second-order valence-corrected chi connectivity index (χ2v) is 3.67. The van der Waals surface area contributed by atoms with E-state index < -0.39 is 6.10 Å². The van der Waals surface area contributed by atoms with Gasteiger partial charge < -0.3 is 15.2 Å². The van der Waals surface area contributed by atoms with Crippen molar-refractivity contribution in [2.75, 3.05) is 25.6 Å². The van der Waals surface area contributed by atoms with Crippen LogP contribution in [0.25, 0.3) is 0 Å². The number of hydrogen-bond acceptors (Lipinski definition) is 4. The number of nitrogens with zero attached hydrogens (tertiary/aromatic N) is 1. The lowest BCUT2D eigenvalue weighted by atomic mass is 10.2. The number of ether oxygens (including phenoxy) is 1. The first-order valence-electron chi connectivity index (χ1n) is 4.78. The molecular formula is C11H13ClN2O2. The van der Waals surface area contributed by atoms with Gasteiger partial charge in [0.15, 0.2) is 0 Å². The summed E-state index contributed by atoms with van der Waals surface area (Å²) in [7, 11) is 1.52. The van der Waals surface area contributed by atoms with Crippen molar-refractivity contribution in [3.8, 4) is 6.07 Å². The van der Waals surface area contributed by atoms with Gasteiger partial charge in [0.1, 0.15) is 6.07 Å². The van der Waals surface area contributed by atoms with Crippen molar-refractivity contribution in [3.63, 3.8) is 0 Å². The van der Waals surface area contributed by atoms with Crippen LogP contribution < -0.4 is 5.32 Å². The zero-order valence-electron chi connectivity index (χ0n) is 8.90. The molecule has 0 saturated carbocycles. The van der Waals surface area contributed by atoms with Crippen LogP contribution in [0.3, 0.4) is 0 Å². The predicted molar refractivity (Wildman–Crippen MR) is 62.5 cm³/mol. The number of benzene rings is 1. The topological polar surface area (TPSA) is 65.3 Å². The van der Waals surface area contributed by atoms with E-state index >= 15 is 0 Å². The molecule has 0 fully saturated rings. The molecule has 0 amide bonds. The van der Waals surface area contributed by atoms with Crippen LogP contribution in [0.15, 0.2) is 18.2 Å². The molecule has 1 unspecified atom stereocenters. The van der Waals surface area contributed by atoms with Gasteiger partial charge in [-0.05, 0) is 12.1 Å². The molecule has 1 atom stereocenters. The van der Waals surface area contributed by atoms with E-state index in [4.69, 9.17) is 21.6 Å². The molecule has 0 heterocycles. The fraction of sp³-hybridized carbons (Fsp3) is 0.364. The number of nitrogens with one attached hydrogen (secondary N) is 1. The summed E-state index contributed by atoms with van der Waals surface area (Å²) >= 11 is 5.86. The van der Waals surface area contributed by atoms with E-state index in [1.165, 1.54) is 7.11 Å². The fourth-order valence-electron chi connectivity index (χ4n) is 1.26. The lowest BCUT2D eigenvalue weighted by molar-refractivity contribution is 0.0727. The lowest BCUT2D eigenvalue weighted by Crippen LogP contribution is -2.24. The number of halogens is 1. The first-order chi connectivity index (χ1) is 7.69. The van der Waals surface area contributed by atoms with E-state index in [0.717, 1.165) is 0 Å². The van der Waals surface area contributed by atoms with Crippen LogP contribution in [0.1, 0.15) is 5.56 Å². The minimum atomic E-state index is -0.615. The number of hydrogen-bond donors (Lipinski definition) is 2. The molecule has 0 radical (unpaired) electrons. The predicted octanol–water partition coefficient (Wildman–Crippen LogP) is 1.63. The van der Waals surface area contributed by atoms with Crippen molar-refractivity contribution in [2.45, 2.75) is 6.10 Å². The molecule has 1 aromatic carbocycles. The van der Waals surface area contributed by atoms with Gasteiger partial charge in [-0.25, -0.2) is 0 Å². The molecule has 1 aromatic rings. The molecule has 4 nitrogen and oxygen atoms in total. The maximum Gasteiger partial charge on any atom is 0.103 e. The van der Waals surface area contributed by atoms with Gasteiger partial charge in [-0.1, -0.05) is 17.7 Å². The van der Waals surface area contributed by atoms with Crippen LogP contribution in [0.4, 0.5) is 5.69 Å². The highest BCUT2D eigenvalue weighted by Gasteiger charge is 2.08. The summed E-state index contributed by atoms with van der Waals surface area (Å²) in [5.41, 5.74) is 0.999. The first kappa shape index (κ1) is 12.8. The van der Waals surface area contributed by atoms with E-state index in [-0.39, 0.29) is 6.61 Å². The Labute approximate surface area is 99.4 Å². The highest BCUT2D eigenvalue weighted by molar-refractivity contribution is 6.32. The third kappa shape index (κ3) is 3.38. The average Bonchev–Trinajstić information content (AvgIpc) is 2.27. The van der Waals surface area contributed by atoms with Crippen LogP contribution in [0.5, 0.6) is 0 Å². The Hall–Kier alpha value is -1.28. The summed E-state index contributed by atoms with van der Waals surface area (Å²) in [6.45, 7) is 0.554. The second kappa shape index (κ2) is 6.33. The fourth-order valence-corrected chi connectivity index (χ4v) is 1.48. The van der Waals surface area contributed by atoms with Gasteiger partial charge in [-0.2, -0.15) is 5.26 Å². The lowest BCUT2D eigenvalue weighted by Gasteiger charge is -2.13. The van der Waals surface area contributed by atoms with Crippen molar-refractivity contribution in [2.24, 2.45) is 0 Å². The molecule has 0 saturated heterocycles. The Bertz CT molecular complexity index is 390. The molecular weight excluding hydrogens is 228 g/mol. The Balaban J connectivity index is 2.67. The molecule has 0 bridgehead atoms. The number of rotatable bonds is 5. The van der Waals surface area contributed by atoms with Gasteiger partial charge in [0.2, 0.25) is 0 Å². The third-order valence-corrected chi connectivity index (χ3v) is 2.33. The molecule has 0 aliphatic heterocycles. The Kier molecular flexibility index (Phi) is 5.06. The van der Waals surface area contributed by atoms with Crippen molar-refractivity contribution >= 4 is 17.3 Å². The van der Waals surface area contributed by atoms with E-state index in [0.29, 0.717) is 22.8 Å². The van der Waals surface area contributed by atoms with Gasteiger partial charge >= 0.3 is 0 Å². The molecule has 86 valence electrons. The Morgan fingerprint density at radius 1 is 1.62 bits per heavy atom. The number of methoxy groups -OCH3 is 1. The van der Waals surface area contributed by atoms with E-state index in [1.807, 2.05) is 6.07 Å². The van der Waals surface area contributed by atoms with Crippen molar-refractivity contribution in [1.82, 2.24) is 0 Å². The average molecular weight is 241 g/mol. The highest BCUT2D eigenvalue weighted by Crippen LogP contribution is 2.22. The Morgan fingerprint density at radius 2 is 2.38 bits per heavy atom. The van der Waals surface area contributed by atoms with E-state index in [1.54, 1.807) is 18.2 Å². The summed E-state index contributed by atoms with van der Waals surface area (Å²) in [6.07, 6.45) is -0.615. The molecule has 5 heteroatoms. The maximum absolute atomic E-state index is 9.44. The highest BCUT2D eigenvalue weighted by atomic mass is 35.5. The minimum absolute atomic E-state index is 0.245. The SMILES string of the molecule is COCC(O)CNc1cccc(Cl)c1C#N. The number of anilines is 1. The largest absolute Gasteiger partial charge is 0.389 e. The molecule has 0 aromatic heterocycles. The van der Waals surface area contributed by atoms with Crippen molar-refractivity contribution in [1.29, 1.82) is 5.26 Å². The van der Waals surface area contributed by atoms with Crippen LogP contribution >= 0.6 is 11.6 Å². The minimum Gasteiger partial charge on any atom is -0.389 e. The molecule has 0 spiro atoms. The summed E-state index contributed by atoms with van der Waals surface area (Å²) in [5.74, 6) is 0. The van der Waals surface area contributed by atoms with Crippen molar-refractivity contribution < 1.29 is 9.84 Å². The standard InChI is InChI=1S/C11H13ClN2O2/c1-16-7-8(15)6-14-11-4-2-3-10(12)9(11)5-13/h2-4,8,14-15H,6-7H2,1H3. The smallest absolute Gasteiger partial charge is 0.103 e. The quantitative estimate of drug-likeness (QED) is 0.821. The summed E-state index contributed by atoms with van der Waals surface area (Å²) in [4.78, 5) is 0. The number of aliphatic hydroxyl groups is 1. The normalized spacial score (nSPS) is 11.9. The van der Waals surface area contributed by atoms with Gasteiger partial charge in [-0.15, -0.1) is 0 Å². The molecule has 16 heavy (non-hydrogen) atoms. The van der Waals surface area contributed by atoms with Gasteiger partial charge in [-0.3, -0.25) is 0 Å². The van der Waals surface area contributed by atoms with Gasteiger partial charge in [0, 0.05) is 13.7 Å². The number of nitriles is 1. The third-order valence-electron chi connectivity index (χ3n) is 2.01. The second-order valence-electron chi connectivity index (χ2n) is 3.26. The van der Waals surface area contributed by atoms with Crippen molar-refractivity contribution in [3.05, 3.63) is 28.8 Å². The molecule has 0 aliphatic rings. The zero-order chi connectivity index (χ0) is 12.0. The first-order valence-corrected chi connectivity index (χ1v) is 5.16. The van der Waals surface area contributed by atoms with E-state index in [9.17, 15) is 5.11 Å². The molecule has 0 aliphatic carbocycles. The summed E-state index contributed by atoms with van der Waals surface area (Å²) in [6, 6.07) is 7.15. The maximum atomic E-state index is 9.44. The van der Waals surface area contributed by atoms with Crippen LogP contribution in [-0.4, -0.2) is 31.5 Å². The zero-order valence-corrected chi connectivity index (χ0v) is 9.66. The van der Waals surface area contributed by atoms with Crippen LogP contribution in [-0.2, 0) is 4.74 Å². The van der Waals surface area contributed by atoms with Crippen LogP contribution in [0.2, 0.25) is 5.02 Å². The monoisotopic (exact) mass is 240 g/mol. The molecule has 1 rings (SSSR count). The Morgan fingerprint density at radius 3 is 3.00 bits per heavy atom. The van der Waals surface area contributed by atoms with Gasteiger partial charge in [0.25, 0.3) is 0 Å². The van der Waals surface area contributed by atoms with Gasteiger partial charge in [0.05, 0.1) is 29.0 Å². The number of aliphatic hydroxyl groups excluding tert-OH is 1. The molecule has 2 N–H and O–H groups in total. The summed E-state index contributed by atoms with van der Waals surface area (Å²) in [5, 5.41) is 21.7. The van der Waals surface area contributed by atoms with E-state index in [2.05, 4.69) is 5.32 Å².